The molecule has 0 bridgehead atoms. The van der Waals surface area contributed by atoms with E-state index in [9.17, 15) is 0 Å². The zero-order valence-electron chi connectivity index (χ0n) is 19.6. The molecule has 0 aliphatic carbocycles. The van der Waals surface area contributed by atoms with Gasteiger partial charge in [0.05, 0.1) is 0 Å². The van der Waals surface area contributed by atoms with Gasteiger partial charge in [0.2, 0.25) is 0 Å². The number of hydrogen-bond donors (Lipinski definition) is 0. The van der Waals surface area contributed by atoms with E-state index in [0.29, 0.717) is 0 Å². The Bertz CT molecular complexity index is 1200. The first-order chi connectivity index (χ1) is 15.6. The van der Waals surface area contributed by atoms with Crippen molar-refractivity contribution in [2.24, 2.45) is 0 Å². The van der Waals surface area contributed by atoms with Crippen LogP contribution in [0.2, 0.25) is 0 Å². The van der Waals surface area contributed by atoms with Crippen molar-refractivity contribution < 1.29 is 0 Å². The molecule has 0 unspecified atom stereocenters. The van der Waals surface area contributed by atoms with Crippen LogP contribution in [-0.2, 0) is 6.42 Å². The van der Waals surface area contributed by atoms with Crippen molar-refractivity contribution in [2.75, 3.05) is 0 Å². The van der Waals surface area contributed by atoms with Gasteiger partial charge in [-0.15, -0.1) is 0 Å². The van der Waals surface area contributed by atoms with E-state index in [1.165, 1.54) is 48.4 Å². The van der Waals surface area contributed by atoms with Crippen molar-refractivity contribution in [3.8, 4) is 0 Å². The van der Waals surface area contributed by atoms with E-state index in [4.69, 9.17) is 0 Å². The van der Waals surface area contributed by atoms with Gasteiger partial charge in [-0.1, -0.05) is 97.3 Å². The zero-order chi connectivity index (χ0) is 22.9. The highest BCUT2D eigenvalue weighted by molar-refractivity contribution is 8.03. The highest BCUT2D eigenvalue weighted by atomic mass is 32.2. The van der Waals surface area contributed by atoms with Crippen molar-refractivity contribution in [1.82, 2.24) is 0 Å². The predicted molar refractivity (Wildman–Crippen MR) is 145 cm³/mol. The Morgan fingerprint density at radius 2 is 1.62 bits per heavy atom. The third-order valence-corrected chi connectivity index (χ3v) is 6.84. The van der Waals surface area contributed by atoms with Gasteiger partial charge in [0.25, 0.3) is 0 Å². The molecule has 0 fully saturated rings. The number of thioether (sulfide) groups is 1. The van der Waals surface area contributed by atoms with E-state index >= 15 is 0 Å². The van der Waals surface area contributed by atoms with Crippen LogP contribution >= 0.6 is 11.8 Å². The maximum absolute atomic E-state index is 3.84. The van der Waals surface area contributed by atoms with E-state index in [1.54, 1.807) is 11.8 Å². The molecule has 0 spiro atoms. The van der Waals surface area contributed by atoms with Crippen LogP contribution in [0.3, 0.4) is 0 Å². The SMILES string of the molecule is C=C/C=C(Sc1ccc(C/C=C\C(=C/C)c2ccc(C)c3ccccc23)cc1)\C(C)=C/C. The van der Waals surface area contributed by atoms with Crippen LogP contribution in [-0.4, -0.2) is 0 Å². The normalized spacial score (nSPS) is 13.2. The molecule has 0 saturated heterocycles. The number of allylic oxidation sites excluding steroid dienone is 8. The summed E-state index contributed by atoms with van der Waals surface area (Å²) in [5, 5.41) is 2.63. The van der Waals surface area contributed by atoms with E-state index in [0.717, 1.165) is 6.42 Å². The summed E-state index contributed by atoms with van der Waals surface area (Å²) >= 11 is 1.78. The summed E-state index contributed by atoms with van der Waals surface area (Å²) in [6.07, 6.45) is 13.7. The van der Waals surface area contributed by atoms with Crippen LogP contribution in [0.25, 0.3) is 16.3 Å². The number of fused-ring (bicyclic) bond motifs is 1. The van der Waals surface area contributed by atoms with Crippen molar-refractivity contribution in [3.05, 3.63) is 131 Å². The quantitative estimate of drug-likeness (QED) is 0.250. The van der Waals surface area contributed by atoms with Crippen LogP contribution in [0, 0.1) is 6.92 Å². The lowest BCUT2D eigenvalue weighted by Crippen LogP contribution is -1.88. The second kappa shape index (κ2) is 11.5. The fourth-order valence-corrected chi connectivity index (χ4v) is 4.65. The summed E-state index contributed by atoms with van der Waals surface area (Å²) in [5.74, 6) is 0. The lowest BCUT2D eigenvalue weighted by Gasteiger charge is -2.10. The Balaban J connectivity index is 1.73. The lowest BCUT2D eigenvalue weighted by molar-refractivity contribution is 1.25. The van der Waals surface area contributed by atoms with Gasteiger partial charge < -0.3 is 0 Å². The maximum atomic E-state index is 3.84. The molecule has 3 rings (SSSR count). The molecular formula is C31H32S. The van der Waals surface area contributed by atoms with Crippen LogP contribution in [0.4, 0.5) is 0 Å². The molecule has 162 valence electrons. The van der Waals surface area contributed by atoms with Gasteiger partial charge in [0, 0.05) is 9.80 Å². The molecule has 0 heterocycles. The molecule has 0 aliphatic heterocycles. The first-order valence-electron chi connectivity index (χ1n) is 11.1. The van der Waals surface area contributed by atoms with Crippen molar-refractivity contribution in [1.29, 1.82) is 0 Å². The monoisotopic (exact) mass is 436 g/mol. The average molecular weight is 437 g/mol. The van der Waals surface area contributed by atoms with Crippen LogP contribution in [0.15, 0.2) is 119 Å². The second-order valence-electron chi connectivity index (χ2n) is 7.81. The first kappa shape index (κ1) is 23.6. The number of rotatable bonds is 8. The molecular weight excluding hydrogens is 404 g/mol. The van der Waals surface area contributed by atoms with Gasteiger partial charge in [0.1, 0.15) is 0 Å². The minimum Gasteiger partial charge on any atom is -0.0990 e. The minimum atomic E-state index is 0.912. The molecule has 0 radical (unpaired) electrons. The molecule has 32 heavy (non-hydrogen) atoms. The van der Waals surface area contributed by atoms with Gasteiger partial charge in [-0.25, -0.2) is 0 Å². The van der Waals surface area contributed by atoms with E-state index in [-0.39, 0.29) is 0 Å². The molecule has 0 aliphatic rings. The summed E-state index contributed by atoms with van der Waals surface area (Å²) in [6.45, 7) is 12.3. The molecule has 0 saturated carbocycles. The topological polar surface area (TPSA) is 0 Å². The fraction of sp³-hybridized carbons (Fsp3) is 0.161. The Morgan fingerprint density at radius 1 is 0.906 bits per heavy atom. The van der Waals surface area contributed by atoms with Crippen molar-refractivity contribution in [3.63, 3.8) is 0 Å². The third kappa shape index (κ3) is 5.81. The standard InChI is InChI=1S/C31H32S/c1-6-12-31(23(4)7-2)32-27-20-18-25(19-21-27)13-11-14-26(8-3)29-22-17-24(5)28-15-9-10-16-30(28)29/h6-12,14-22H,1,13H2,2-5H3/b14-11-,23-7-,26-8+,31-12+. The molecule has 0 N–H and O–H groups in total. The van der Waals surface area contributed by atoms with Gasteiger partial charge in [-0.2, -0.15) is 0 Å². The lowest BCUT2D eigenvalue weighted by atomic mass is 9.95. The summed E-state index contributed by atoms with van der Waals surface area (Å²) in [4.78, 5) is 2.48. The summed E-state index contributed by atoms with van der Waals surface area (Å²) in [6, 6.07) is 22.0. The largest absolute Gasteiger partial charge is 0.0990 e. The van der Waals surface area contributed by atoms with E-state index < -0.39 is 0 Å². The summed E-state index contributed by atoms with van der Waals surface area (Å²) < 4.78 is 0. The van der Waals surface area contributed by atoms with Gasteiger partial charge >= 0.3 is 0 Å². The zero-order valence-corrected chi connectivity index (χ0v) is 20.4. The van der Waals surface area contributed by atoms with Crippen LogP contribution < -0.4 is 0 Å². The molecule has 3 aromatic rings. The van der Waals surface area contributed by atoms with Gasteiger partial charge in [0.15, 0.2) is 0 Å². The highest BCUT2D eigenvalue weighted by Gasteiger charge is 2.06. The van der Waals surface area contributed by atoms with Crippen LogP contribution in [0.5, 0.6) is 0 Å². The highest BCUT2D eigenvalue weighted by Crippen LogP contribution is 2.32. The Labute approximate surface area is 197 Å². The summed E-state index contributed by atoms with van der Waals surface area (Å²) in [5.41, 5.74) is 6.45. The number of benzene rings is 3. The molecule has 0 aromatic heterocycles. The van der Waals surface area contributed by atoms with Crippen molar-refractivity contribution >= 4 is 28.1 Å². The molecule has 0 amide bonds. The molecule has 1 heteroatoms. The molecule has 0 nitrogen and oxygen atoms in total. The van der Waals surface area contributed by atoms with Crippen molar-refractivity contribution in [2.45, 2.75) is 39.0 Å². The summed E-state index contributed by atoms with van der Waals surface area (Å²) in [7, 11) is 0. The van der Waals surface area contributed by atoms with Gasteiger partial charge in [-0.05, 0) is 90.9 Å². The Hall–Kier alpha value is -3.03. The predicted octanol–water partition coefficient (Wildman–Crippen LogP) is 9.48. The first-order valence-corrected chi connectivity index (χ1v) is 11.9. The Morgan fingerprint density at radius 3 is 2.28 bits per heavy atom. The van der Waals surface area contributed by atoms with Gasteiger partial charge in [-0.3, -0.25) is 0 Å². The van der Waals surface area contributed by atoms with Crippen LogP contribution in [0.1, 0.15) is 37.5 Å². The molecule has 0 atom stereocenters. The average Bonchev–Trinajstić information content (AvgIpc) is 2.83. The number of hydrogen-bond acceptors (Lipinski definition) is 1. The number of aryl methyl sites for hydroxylation is 1. The van der Waals surface area contributed by atoms with E-state index in [1.807, 2.05) is 6.08 Å². The Kier molecular flexibility index (Phi) is 8.53. The third-order valence-electron chi connectivity index (χ3n) is 5.66. The van der Waals surface area contributed by atoms with E-state index in [2.05, 4.69) is 125 Å². The fourth-order valence-electron chi connectivity index (χ4n) is 3.68. The molecule has 3 aromatic carbocycles. The minimum absolute atomic E-state index is 0.912. The maximum Gasteiger partial charge on any atom is 0.0148 e. The second-order valence-corrected chi connectivity index (χ2v) is 8.93. The smallest absolute Gasteiger partial charge is 0.0148 e.